The van der Waals surface area contributed by atoms with Gasteiger partial charge in [0, 0.05) is 11.4 Å². The van der Waals surface area contributed by atoms with E-state index < -0.39 is 11.4 Å². The summed E-state index contributed by atoms with van der Waals surface area (Å²) >= 11 is 0. The van der Waals surface area contributed by atoms with Gasteiger partial charge in [-0.05, 0) is 33.8 Å². The summed E-state index contributed by atoms with van der Waals surface area (Å²) in [4.78, 5) is 20.1. The van der Waals surface area contributed by atoms with Gasteiger partial charge < -0.3 is 4.74 Å². The molecule has 1 rings (SSSR count). The molecule has 0 spiro atoms. The van der Waals surface area contributed by atoms with Crippen molar-refractivity contribution in [3.63, 3.8) is 0 Å². The van der Waals surface area contributed by atoms with Crippen LogP contribution in [0.4, 0.5) is 0 Å². The molecule has 1 heterocycles. The van der Waals surface area contributed by atoms with E-state index in [1.807, 2.05) is 6.07 Å². The van der Waals surface area contributed by atoms with Crippen LogP contribution in [0.5, 0.6) is 0 Å². The van der Waals surface area contributed by atoms with Gasteiger partial charge in [-0.2, -0.15) is 5.26 Å². The number of carbonyl (C=O) groups is 1. The molecular formula is C12H15N3O2. The van der Waals surface area contributed by atoms with Gasteiger partial charge >= 0.3 is 5.97 Å². The van der Waals surface area contributed by atoms with Crippen molar-refractivity contribution in [2.24, 2.45) is 0 Å². The van der Waals surface area contributed by atoms with E-state index >= 15 is 0 Å². The fraction of sp³-hybridized carbons (Fsp3) is 0.500. The van der Waals surface area contributed by atoms with Gasteiger partial charge in [-0.1, -0.05) is 0 Å². The smallest absolute Gasteiger partial charge is 0.334 e. The monoisotopic (exact) mass is 233 g/mol. The Bertz CT molecular complexity index is 459. The normalized spacial score (nSPS) is 13.6. The van der Waals surface area contributed by atoms with Crippen molar-refractivity contribution in [1.82, 2.24) is 9.97 Å². The SMILES string of the molecule is CCOC(=O)C(C)(C#N)c1nc(C)cc(C)n1. The van der Waals surface area contributed by atoms with Crippen molar-refractivity contribution in [1.29, 1.82) is 5.26 Å². The predicted molar refractivity (Wildman–Crippen MR) is 61.1 cm³/mol. The molecule has 1 atom stereocenters. The van der Waals surface area contributed by atoms with Gasteiger partial charge in [-0.25, -0.2) is 14.8 Å². The molecule has 0 N–H and O–H groups in total. The molecule has 0 aliphatic rings. The summed E-state index contributed by atoms with van der Waals surface area (Å²) in [7, 11) is 0. The molecule has 0 aliphatic carbocycles. The highest BCUT2D eigenvalue weighted by molar-refractivity contribution is 5.85. The van der Waals surface area contributed by atoms with Gasteiger partial charge in [0.2, 0.25) is 5.41 Å². The Morgan fingerprint density at radius 3 is 2.41 bits per heavy atom. The Balaban J connectivity index is 3.26. The first-order valence-corrected chi connectivity index (χ1v) is 5.35. The lowest BCUT2D eigenvalue weighted by atomic mass is 9.91. The summed E-state index contributed by atoms with van der Waals surface area (Å²) in [6.45, 7) is 6.97. The molecule has 17 heavy (non-hydrogen) atoms. The lowest BCUT2D eigenvalue weighted by Crippen LogP contribution is -2.35. The second-order valence-electron chi connectivity index (χ2n) is 3.93. The van der Waals surface area contributed by atoms with Crippen molar-refractivity contribution >= 4 is 5.97 Å². The number of ether oxygens (including phenoxy) is 1. The topological polar surface area (TPSA) is 75.9 Å². The van der Waals surface area contributed by atoms with Gasteiger partial charge in [-0.15, -0.1) is 0 Å². The molecule has 0 fully saturated rings. The number of nitriles is 1. The second-order valence-corrected chi connectivity index (χ2v) is 3.93. The third-order valence-corrected chi connectivity index (χ3v) is 2.34. The zero-order valence-electron chi connectivity index (χ0n) is 10.4. The zero-order valence-corrected chi connectivity index (χ0v) is 10.4. The van der Waals surface area contributed by atoms with Gasteiger partial charge in [0.05, 0.1) is 12.7 Å². The molecule has 0 saturated heterocycles. The lowest BCUT2D eigenvalue weighted by molar-refractivity contribution is -0.147. The Morgan fingerprint density at radius 2 is 2.00 bits per heavy atom. The van der Waals surface area contributed by atoms with Crippen LogP contribution >= 0.6 is 0 Å². The van der Waals surface area contributed by atoms with E-state index in [9.17, 15) is 10.1 Å². The molecule has 90 valence electrons. The maximum Gasteiger partial charge on any atom is 0.334 e. The number of esters is 1. The molecule has 0 saturated carbocycles. The first-order valence-electron chi connectivity index (χ1n) is 5.35. The van der Waals surface area contributed by atoms with Crippen LogP contribution in [0.1, 0.15) is 31.1 Å². The van der Waals surface area contributed by atoms with Crippen LogP contribution in [0.2, 0.25) is 0 Å². The number of hydrogen-bond acceptors (Lipinski definition) is 5. The average Bonchev–Trinajstić information content (AvgIpc) is 2.26. The summed E-state index contributed by atoms with van der Waals surface area (Å²) < 4.78 is 4.89. The van der Waals surface area contributed by atoms with Crippen LogP contribution < -0.4 is 0 Å². The van der Waals surface area contributed by atoms with Crippen molar-refractivity contribution in [3.8, 4) is 6.07 Å². The standard InChI is InChI=1S/C12H15N3O2/c1-5-17-11(16)12(4,7-13)10-14-8(2)6-9(3)15-10/h6H,5H2,1-4H3. The van der Waals surface area contributed by atoms with Crippen LogP contribution in [-0.4, -0.2) is 22.5 Å². The summed E-state index contributed by atoms with van der Waals surface area (Å²) in [5, 5.41) is 9.19. The highest BCUT2D eigenvalue weighted by Gasteiger charge is 2.40. The van der Waals surface area contributed by atoms with E-state index in [1.54, 1.807) is 26.8 Å². The Labute approximate surface area is 100 Å². The molecule has 0 bridgehead atoms. The molecule has 0 aliphatic heterocycles. The fourth-order valence-electron chi connectivity index (χ4n) is 1.41. The molecule has 0 aromatic carbocycles. The second kappa shape index (κ2) is 4.91. The van der Waals surface area contributed by atoms with Crippen LogP contribution in [0.15, 0.2) is 6.07 Å². The van der Waals surface area contributed by atoms with Gasteiger partial charge in [0.1, 0.15) is 0 Å². The highest BCUT2D eigenvalue weighted by atomic mass is 16.5. The maximum atomic E-state index is 11.8. The molecule has 5 nitrogen and oxygen atoms in total. The van der Waals surface area contributed by atoms with Crippen LogP contribution in [-0.2, 0) is 14.9 Å². The van der Waals surface area contributed by atoms with E-state index in [0.29, 0.717) is 0 Å². The minimum atomic E-state index is -1.45. The number of nitrogens with zero attached hydrogens (tertiary/aromatic N) is 3. The van der Waals surface area contributed by atoms with Gasteiger partial charge in [-0.3, -0.25) is 0 Å². The minimum Gasteiger partial charge on any atom is -0.464 e. The molecule has 1 unspecified atom stereocenters. The van der Waals surface area contributed by atoms with Crippen LogP contribution in [0, 0.1) is 25.2 Å². The molecule has 1 aromatic rings. The Morgan fingerprint density at radius 1 is 1.47 bits per heavy atom. The third-order valence-electron chi connectivity index (χ3n) is 2.34. The zero-order chi connectivity index (χ0) is 13.1. The summed E-state index contributed by atoms with van der Waals surface area (Å²) in [5.41, 5.74) is -0.0104. The largest absolute Gasteiger partial charge is 0.464 e. The Kier molecular flexibility index (Phi) is 3.79. The molecule has 0 radical (unpaired) electrons. The molecular weight excluding hydrogens is 218 g/mol. The summed E-state index contributed by atoms with van der Waals surface area (Å²) in [5.74, 6) is -0.427. The number of carbonyl (C=O) groups excluding carboxylic acids is 1. The van der Waals surface area contributed by atoms with Crippen molar-refractivity contribution in [3.05, 3.63) is 23.3 Å². The molecule has 1 aromatic heterocycles. The average molecular weight is 233 g/mol. The summed E-state index contributed by atoms with van der Waals surface area (Å²) in [6.07, 6.45) is 0. The van der Waals surface area contributed by atoms with Crippen LogP contribution in [0.3, 0.4) is 0 Å². The maximum absolute atomic E-state index is 11.8. The number of aryl methyl sites for hydroxylation is 2. The van der Waals surface area contributed by atoms with E-state index in [2.05, 4.69) is 9.97 Å². The first kappa shape index (κ1) is 13.1. The molecule has 5 heteroatoms. The van der Waals surface area contributed by atoms with Crippen molar-refractivity contribution in [2.45, 2.75) is 33.1 Å². The van der Waals surface area contributed by atoms with Crippen molar-refractivity contribution in [2.75, 3.05) is 6.61 Å². The van der Waals surface area contributed by atoms with Gasteiger partial charge in [0.15, 0.2) is 5.82 Å². The fourth-order valence-corrected chi connectivity index (χ4v) is 1.41. The highest BCUT2D eigenvalue weighted by Crippen LogP contribution is 2.22. The van der Waals surface area contributed by atoms with Gasteiger partial charge in [0.25, 0.3) is 0 Å². The van der Waals surface area contributed by atoms with Crippen molar-refractivity contribution < 1.29 is 9.53 Å². The lowest BCUT2D eigenvalue weighted by Gasteiger charge is -2.18. The Hall–Kier alpha value is -1.96. The van der Waals surface area contributed by atoms with Crippen LogP contribution in [0.25, 0.3) is 0 Å². The number of aromatic nitrogens is 2. The quantitative estimate of drug-likeness (QED) is 0.738. The third kappa shape index (κ3) is 2.59. The van der Waals surface area contributed by atoms with E-state index in [0.717, 1.165) is 11.4 Å². The predicted octanol–water partition coefficient (Wildman–Crippen LogP) is 1.44. The van der Waals surface area contributed by atoms with E-state index in [1.165, 1.54) is 6.92 Å². The summed E-state index contributed by atoms with van der Waals surface area (Å²) in [6, 6.07) is 3.72. The first-order chi connectivity index (χ1) is 7.93. The molecule has 0 amide bonds. The van der Waals surface area contributed by atoms with E-state index in [-0.39, 0.29) is 12.4 Å². The number of rotatable bonds is 3. The minimum absolute atomic E-state index is 0.191. The number of hydrogen-bond donors (Lipinski definition) is 0. The van der Waals surface area contributed by atoms with E-state index in [4.69, 9.17) is 4.74 Å².